The van der Waals surface area contributed by atoms with E-state index >= 15 is 0 Å². The van der Waals surface area contributed by atoms with Crippen molar-refractivity contribution in [2.24, 2.45) is 0 Å². The molecule has 0 N–H and O–H groups in total. The van der Waals surface area contributed by atoms with Crippen molar-refractivity contribution < 1.29 is 14.3 Å². The highest BCUT2D eigenvalue weighted by molar-refractivity contribution is 6.19. The third-order valence-corrected chi connectivity index (χ3v) is 4.77. The summed E-state index contributed by atoms with van der Waals surface area (Å²) in [7, 11) is 3.26. The lowest BCUT2D eigenvalue weighted by molar-refractivity contribution is 0.103. The zero-order valence-electron chi connectivity index (χ0n) is 15.9. The first-order chi connectivity index (χ1) is 12.5. The Morgan fingerprint density at radius 2 is 1.62 bits per heavy atom. The van der Waals surface area contributed by atoms with E-state index in [9.17, 15) is 4.79 Å². The van der Waals surface area contributed by atoms with Crippen LogP contribution >= 0.6 is 0 Å². The molecule has 0 aliphatic rings. The van der Waals surface area contributed by atoms with E-state index in [2.05, 4.69) is 13.8 Å². The molecule has 0 amide bonds. The van der Waals surface area contributed by atoms with Gasteiger partial charge in [-0.25, -0.2) is 0 Å². The molecule has 3 rings (SSSR count). The summed E-state index contributed by atoms with van der Waals surface area (Å²) in [5, 5.41) is 1.92. The van der Waals surface area contributed by atoms with E-state index in [1.807, 2.05) is 55.5 Å². The lowest BCUT2D eigenvalue weighted by Crippen LogP contribution is -2.10. The van der Waals surface area contributed by atoms with Crippen LogP contribution in [0.2, 0.25) is 0 Å². The third kappa shape index (κ3) is 3.05. The van der Waals surface area contributed by atoms with Crippen LogP contribution in [0.1, 0.15) is 46.8 Å². The summed E-state index contributed by atoms with van der Waals surface area (Å²) in [5.74, 6) is 1.57. The number of aryl methyl sites for hydroxylation is 1. The predicted octanol–water partition coefficient (Wildman–Crippen LogP) is 5.52. The summed E-state index contributed by atoms with van der Waals surface area (Å²) in [4.78, 5) is 13.6. The maximum absolute atomic E-state index is 13.6. The average Bonchev–Trinajstić information content (AvgIpc) is 2.65. The lowest BCUT2D eigenvalue weighted by atomic mass is 9.88. The highest BCUT2D eigenvalue weighted by Crippen LogP contribution is 2.34. The zero-order chi connectivity index (χ0) is 18.8. The van der Waals surface area contributed by atoms with Crippen molar-refractivity contribution in [1.82, 2.24) is 0 Å². The number of hydrogen-bond donors (Lipinski definition) is 0. The number of rotatable bonds is 5. The Kier molecular flexibility index (Phi) is 4.99. The maximum Gasteiger partial charge on any atom is 0.197 e. The van der Waals surface area contributed by atoms with E-state index in [1.165, 1.54) is 0 Å². The van der Waals surface area contributed by atoms with E-state index in [0.717, 1.165) is 27.6 Å². The normalized spacial score (nSPS) is 11.0. The fourth-order valence-electron chi connectivity index (χ4n) is 3.39. The highest BCUT2D eigenvalue weighted by Gasteiger charge is 2.23. The second kappa shape index (κ2) is 7.20. The minimum Gasteiger partial charge on any atom is -0.496 e. The van der Waals surface area contributed by atoms with E-state index in [4.69, 9.17) is 9.47 Å². The van der Waals surface area contributed by atoms with Crippen LogP contribution in [0.5, 0.6) is 11.5 Å². The molecule has 0 radical (unpaired) electrons. The lowest BCUT2D eigenvalue weighted by Gasteiger charge is -2.18. The van der Waals surface area contributed by atoms with Crippen LogP contribution in [-0.4, -0.2) is 20.0 Å². The number of carbonyl (C=O) groups is 1. The largest absolute Gasteiger partial charge is 0.496 e. The zero-order valence-corrected chi connectivity index (χ0v) is 15.9. The molecular formula is C23H24O3. The predicted molar refractivity (Wildman–Crippen MR) is 106 cm³/mol. The van der Waals surface area contributed by atoms with E-state index in [-0.39, 0.29) is 11.7 Å². The molecule has 3 aromatic rings. The van der Waals surface area contributed by atoms with Crippen LogP contribution in [0.15, 0.2) is 48.5 Å². The minimum absolute atomic E-state index is 0.0203. The molecule has 0 unspecified atom stereocenters. The Morgan fingerprint density at radius 1 is 0.923 bits per heavy atom. The van der Waals surface area contributed by atoms with Crippen molar-refractivity contribution >= 4 is 16.6 Å². The second-order valence-corrected chi connectivity index (χ2v) is 6.76. The van der Waals surface area contributed by atoms with E-state index in [1.54, 1.807) is 14.2 Å². The molecule has 0 saturated heterocycles. The number of methoxy groups -OCH3 is 2. The van der Waals surface area contributed by atoms with Gasteiger partial charge in [-0.05, 0) is 52.9 Å². The van der Waals surface area contributed by atoms with Gasteiger partial charge in [0, 0.05) is 5.56 Å². The van der Waals surface area contributed by atoms with Gasteiger partial charge in [-0.3, -0.25) is 4.79 Å². The minimum atomic E-state index is -0.0203. The number of ketones is 1. The van der Waals surface area contributed by atoms with Crippen molar-refractivity contribution in [3.63, 3.8) is 0 Å². The second-order valence-electron chi connectivity index (χ2n) is 6.76. The molecule has 0 atom stereocenters. The van der Waals surface area contributed by atoms with Crippen molar-refractivity contribution in [3.8, 4) is 11.5 Å². The number of ether oxygens (including phenoxy) is 2. The molecule has 0 bridgehead atoms. The number of fused-ring (bicyclic) bond motifs is 1. The Bertz CT molecular complexity index is 971. The number of benzene rings is 3. The first-order valence-corrected chi connectivity index (χ1v) is 8.76. The van der Waals surface area contributed by atoms with Crippen LogP contribution < -0.4 is 9.47 Å². The standard InChI is InChI=1S/C23H24O3/c1-14(2)18-13-21(26-5)15(3)12-19(18)23(24)22-17-9-7-6-8-16(17)10-11-20(22)25-4/h6-14H,1-5H3. The Morgan fingerprint density at radius 3 is 2.27 bits per heavy atom. The molecule has 0 heterocycles. The summed E-state index contributed by atoms with van der Waals surface area (Å²) in [5.41, 5.74) is 3.23. The van der Waals surface area contributed by atoms with Crippen molar-refractivity contribution in [2.45, 2.75) is 26.7 Å². The molecule has 0 aliphatic carbocycles. The van der Waals surface area contributed by atoms with Gasteiger partial charge in [0.2, 0.25) is 0 Å². The smallest absolute Gasteiger partial charge is 0.197 e. The summed E-state index contributed by atoms with van der Waals surface area (Å²) in [6.07, 6.45) is 0. The molecule has 0 spiro atoms. The molecular weight excluding hydrogens is 324 g/mol. The van der Waals surface area contributed by atoms with Crippen molar-refractivity contribution in [2.75, 3.05) is 14.2 Å². The van der Waals surface area contributed by atoms with Gasteiger partial charge in [-0.1, -0.05) is 44.2 Å². The van der Waals surface area contributed by atoms with E-state index < -0.39 is 0 Å². The summed E-state index contributed by atoms with van der Waals surface area (Å²) >= 11 is 0. The molecule has 3 heteroatoms. The Balaban J connectivity index is 2.28. The molecule has 26 heavy (non-hydrogen) atoms. The SMILES string of the molecule is COc1cc(C(C)C)c(C(=O)c2c(OC)ccc3ccccc23)cc1C. The first-order valence-electron chi connectivity index (χ1n) is 8.76. The van der Waals surface area contributed by atoms with Crippen LogP contribution in [0.4, 0.5) is 0 Å². The van der Waals surface area contributed by atoms with E-state index in [0.29, 0.717) is 16.9 Å². The van der Waals surface area contributed by atoms with Crippen LogP contribution in [0.25, 0.3) is 10.8 Å². The van der Waals surface area contributed by atoms with Gasteiger partial charge >= 0.3 is 0 Å². The van der Waals surface area contributed by atoms with Gasteiger partial charge in [-0.15, -0.1) is 0 Å². The molecule has 134 valence electrons. The van der Waals surface area contributed by atoms with Gasteiger partial charge < -0.3 is 9.47 Å². The van der Waals surface area contributed by atoms with Crippen LogP contribution in [0.3, 0.4) is 0 Å². The number of hydrogen-bond acceptors (Lipinski definition) is 3. The molecule has 3 aromatic carbocycles. The molecule has 0 aliphatic heterocycles. The van der Waals surface area contributed by atoms with Gasteiger partial charge in [0.05, 0.1) is 19.8 Å². The van der Waals surface area contributed by atoms with Gasteiger partial charge in [-0.2, -0.15) is 0 Å². The first kappa shape index (κ1) is 18.0. The summed E-state index contributed by atoms with van der Waals surface area (Å²) in [6.45, 7) is 6.13. The van der Waals surface area contributed by atoms with Crippen LogP contribution in [0, 0.1) is 6.92 Å². The fourth-order valence-corrected chi connectivity index (χ4v) is 3.39. The van der Waals surface area contributed by atoms with Gasteiger partial charge in [0.1, 0.15) is 11.5 Å². The monoisotopic (exact) mass is 348 g/mol. The number of carbonyl (C=O) groups excluding carboxylic acids is 1. The quantitative estimate of drug-likeness (QED) is 0.570. The highest BCUT2D eigenvalue weighted by atomic mass is 16.5. The van der Waals surface area contributed by atoms with Gasteiger partial charge in [0.15, 0.2) is 5.78 Å². The van der Waals surface area contributed by atoms with Gasteiger partial charge in [0.25, 0.3) is 0 Å². The molecule has 0 aromatic heterocycles. The fraction of sp³-hybridized carbons (Fsp3) is 0.261. The molecule has 0 fully saturated rings. The molecule has 0 saturated carbocycles. The average molecular weight is 348 g/mol. The maximum atomic E-state index is 13.6. The molecule has 3 nitrogen and oxygen atoms in total. The Labute approximate surface area is 154 Å². The Hall–Kier alpha value is -2.81. The van der Waals surface area contributed by atoms with Crippen LogP contribution in [-0.2, 0) is 0 Å². The topological polar surface area (TPSA) is 35.5 Å². The van der Waals surface area contributed by atoms with Crippen molar-refractivity contribution in [3.05, 3.63) is 70.8 Å². The van der Waals surface area contributed by atoms with Crippen molar-refractivity contribution in [1.29, 1.82) is 0 Å². The third-order valence-electron chi connectivity index (χ3n) is 4.77. The summed E-state index contributed by atoms with van der Waals surface area (Å²) < 4.78 is 11.0. The summed E-state index contributed by atoms with van der Waals surface area (Å²) in [6, 6.07) is 15.6.